The molecule has 0 aliphatic heterocycles. The van der Waals surface area contributed by atoms with Crippen molar-refractivity contribution in [3.05, 3.63) is 68.4 Å². The molecule has 1 atom stereocenters. The van der Waals surface area contributed by atoms with Crippen LogP contribution < -0.4 is 0 Å². The number of rotatable bonds is 3. The summed E-state index contributed by atoms with van der Waals surface area (Å²) >= 11 is 17.7. The van der Waals surface area contributed by atoms with E-state index in [1.165, 1.54) is 6.07 Å². The predicted octanol–water partition coefficient (Wildman–Crippen LogP) is 5.06. The average molecular weight is 320 g/mol. The Kier molecular flexibility index (Phi) is 4.69. The molecule has 5 heteroatoms. The lowest BCUT2D eigenvalue weighted by Crippen LogP contribution is -2.03. The van der Waals surface area contributed by atoms with E-state index in [1.54, 1.807) is 30.3 Å². The van der Waals surface area contributed by atoms with Crippen LogP contribution in [0.25, 0.3) is 0 Å². The van der Waals surface area contributed by atoms with Gasteiger partial charge in [-0.05, 0) is 29.8 Å². The van der Waals surface area contributed by atoms with Gasteiger partial charge < -0.3 is 5.11 Å². The van der Waals surface area contributed by atoms with Crippen LogP contribution in [-0.4, -0.2) is 5.11 Å². The van der Waals surface area contributed by atoms with Crippen LogP contribution in [-0.2, 0) is 6.42 Å². The van der Waals surface area contributed by atoms with Gasteiger partial charge in [0.1, 0.15) is 5.82 Å². The van der Waals surface area contributed by atoms with Crippen molar-refractivity contribution in [2.24, 2.45) is 0 Å². The second-order valence-electron chi connectivity index (χ2n) is 4.10. The first kappa shape index (κ1) is 14.6. The van der Waals surface area contributed by atoms with Crippen LogP contribution in [0.5, 0.6) is 0 Å². The Morgan fingerprint density at radius 1 is 1.11 bits per heavy atom. The first-order valence-electron chi connectivity index (χ1n) is 5.55. The fraction of sp³-hybridized carbons (Fsp3) is 0.143. The molecular weight excluding hydrogens is 310 g/mol. The molecule has 0 amide bonds. The number of hydrogen-bond acceptors (Lipinski definition) is 1. The van der Waals surface area contributed by atoms with Gasteiger partial charge in [-0.15, -0.1) is 0 Å². The molecular formula is C14H10Cl3FO. The maximum absolute atomic E-state index is 13.3. The van der Waals surface area contributed by atoms with Gasteiger partial charge in [-0.1, -0.05) is 46.9 Å². The summed E-state index contributed by atoms with van der Waals surface area (Å²) < 4.78 is 13.3. The lowest BCUT2D eigenvalue weighted by molar-refractivity contribution is 0.178. The minimum Gasteiger partial charge on any atom is -0.388 e. The van der Waals surface area contributed by atoms with Crippen LogP contribution in [0.1, 0.15) is 17.2 Å². The van der Waals surface area contributed by atoms with Gasteiger partial charge in [0.25, 0.3) is 0 Å². The van der Waals surface area contributed by atoms with Gasteiger partial charge in [-0.2, -0.15) is 0 Å². The van der Waals surface area contributed by atoms with E-state index in [9.17, 15) is 9.50 Å². The standard InChI is InChI=1S/C14H10Cl3FO/c15-9-4-5-11(16)10(7-9)13(19)6-8-2-1-3-12(18)14(8)17/h1-5,7,13,19H,6H2. The van der Waals surface area contributed by atoms with Crippen molar-refractivity contribution in [3.63, 3.8) is 0 Å². The van der Waals surface area contributed by atoms with Crippen LogP contribution in [0.2, 0.25) is 15.1 Å². The predicted molar refractivity (Wildman–Crippen MR) is 76.5 cm³/mol. The molecule has 0 aromatic heterocycles. The summed E-state index contributed by atoms with van der Waals surface area (Å²) in [7, 11) is 0. The highest BCUT2D eigenvalue weighted by atomic mass is 35.5. The molecule has 0 bridgehead atoms. The molecule has 1 N–H and O–H groups in total. The van der Waals surface area contributed by atoms with Gasteiger partial charge in [0.05, 0.1) is 11.1 Å². The molecule has 0 spiro atoms. The van der Waals surface area contributed by atoms with E-state index >= 15 is 0 Å². The molecule has 0 radical (unpaired) electrons. The monoisotopic (exact) mass is 318 g/mol. The second kappa shape index (κ2) is 6.10. The van der Waals surface area contributed by atoms with E-state index in [0.717, 1.165) is 0 Å². The van der Waals surface area contributed by atoms with Crippen molar-refractivity contribution in [1.82, 2.24) is 0 Å². The third-order valence-corrected chi connectivity index (χ3v) is 3.76. The van der Waals surface area contributed by atoms with Crippen molar-refractivity contribution in [2.45, 2.75) is 12.5 Å². The van der Waals surface area contributed by atoms with Gasteiger partial charge >= 0.3 is 0 Å². The van der Waals surface area contributed by atoms with Gasteiger partial charge in [-0.25, -0.2) is 4.39 Å². The zero-order chi connectivity index (χ0) is 14.0. The van der Waals surface area contributed by atoms with E-state index in [1.807, 2.05) is 0 Å². The quantitative estimate of drug-likeness (QED) is 0.838. The molecule has 0 fully saturated rings. The van der Waals surface area contributed by atoms with Gasteiger partial charge in [0.2, 0.25) is 0 Å². The molecule has 0 aliphatic rings. The Hall–Kier alpha value is -0.800. The maximum Gasteiger partial charge on any atom is 0.142 e. The normalized spacial score (nSPS) is 12.5. The third kappa shape index (κ3) is 3.40. The largest absolute Gasteiger partial charge is 0.388 e. The Morgan fingerprint density at radius 2 is 1.84 bits per heavy atom. The van der Waals surface area contributed by atoms with Crippen LogP contribution in [0, 0.1) is 5.82 Å². The maximum atomic E-state index is 13.3. The molecule has 0 aliphatic carbocycles. The minimum atomic E-state index is -0.898. The minimum absolute atomic E-state index is 0.0136. The smallest absolute Gasteiger partial charge is 0.142 e. The molecule has 1 nitrogen and oxygen atoms in total. The third-order valence-electron chi connectivity index (χ3n) is 2.76. The van der Waals surface area contributed by atoms with Gasteiger partial charge in [0.15, 0.2) is 0 Å². The van der Waals surface area contributed by atoms with E-state index in [4.69, 9.17) is 34.8 Å². The summed E-state index contributed by atoms with van der Waals surface area (Å²) in [5.41, 5.74) is 1.01. The number of benzene rings is 2. The van der Waals surface area contributed by atoms with Crippen LogP contribution in [0.4, 0.5) is 4.39 Å². The van der Waals surface area contributed by atoms with Gasteiger partial charge in [-0.3, -0.25) is 0 Å². The van der Waals surface area contributed by atoms with Crippen LogP contribution >= 0.6 is 34.8 Å². The second-order valence-corrected chi connectivity index (χ2v) is 5.32. The molecule has 100 valence electrons. The van der Waals surface area contributed by atoms with E-state index in [2.05, 4.69) is 0 Å². The Labute approximate surface area is 125 Å². The Balaban J connectivity index is 2.28. The summed E-state index contributed by atoms with van der Waals surface area (Å²) in [6.07, 6.45) is -0.734. The fourth-order valence-electron chi connectivity index (χ4n) is 1.79. The highest BCUT2D eigenvalue weighted by Crippen LogP contribution is 2.30. The van der Waals surface area contributed by atoms with E-state index in [0.29, 0.717) is 21.2 Å². The van der Waals surface area contributed by atoms with Crippen LogP contribution in [0.15, 0.2) is 36.4 Å². The SMILES string of the molecule is OC(Cc1cccc(F)c1Cl)c1cc(Cl)ccc1Cl. The Morgan fingerprint density at radius 3 is 2.58 bits per heavy atom. The van der Waals surface area contributed by atoms with E-state index < -0.39 is 11.9 Å². The summed E-state index contributed by atoms with van der Waals surface area (Å²) in [4.78, 5) is 0. The molecule has 0 saturated carbocycles. The molecule has 0 saturated heterocycles. The number of aliphatic hydroxyl groups excluding tert-OH is 1. The van der Waals surface area contributed by atoms with Crippen molar-refractivity contribution >= 4 is 34.8 Å². The summed E-state index contributed by atoms with van der Waals surface area (Å²) in [5.74, 6) is -0.511. The highest BCUT2D eigenvalue weighted by molar-refractivity contribution is 6.33. The summed E-state index contributed by atoms with van der Waals surface area (Å²) in [6.45, 7) is 0. The zero-order valence-corrected chi connectivity index (χ0v) is 12.0. The lowest BCUT2D eigenvalue weighted by Gasteiger charge is -2.14. The molecule has 2 aromatic carbocycles. The summed E-state index contributed by atoms with van der Waals surface area (Å²) in [6, 6.07) is 9.30. The summed E-state index contributed by atoms with van der Waals surface area (Å²) in [5, 5.41) is 11.1. The number of halogens is 4. The van der Waals surface area contributed by atoms with E-state index in [-0.39, 0.29) is 11.4 Å². The Bertz CT molecular complexity index is 601. The lowest BCUT2D eigenvalue weighted by atomic mass is 10.0. The molecule has 0 heterocycles. The fourth-order valence-corrected chi connectivity index (χ4v) is 2.42. The van der Waals surface area contributed by atoms with Crippen molar-refractivity contribution in [2.75, 3.05) is 0 Å². The van der Waals surface area contributed by atoms with Crippen molar-refractivity contribution in [3.8, 4) is 0 Å². The number of aliphatic hydroxyl groups is 1. The highest BCUT2D eigenvalue weighted by Gasteiger charge is 2.15. The van der Waals surface area contributed by atoms with Crippen LogP contribution in [0.3, 0.4) is 0 Å². The molecule has 19 heavy (non-hydrogen) atoms. The number of hydrogen-bond donors (Lipinski definition) is 1. The van der Waals surface area contributed by atoms with Gasteiger partial charge in [0, 0.05) is 22.0 Å². The first-order valence-corrected chi connectivity index (χ1v) is 6.68. The molecule has 1 unspecified atom stereocenters. The van der Waals surface area contributed by atoms with Crippen molar-refractivity contribution < 1.29 is 9.50 Å². The van der Waals surface area contributed by atoms with Crippen molar-refractivity contribution in [1.29, 1.82) is 0 Å². The topological polar surface area (TPSA) is 20.2 Å². The average Bonchev–Trinajstić information content (AvgIpc) is 2.38. The zero-order valence-electron chi connectivity index (χ0n) is 9.71. The first-order chi connectivity index (χ1) is 8.99. The molecule has 2 rings (SSSR count). The molecule has 2 aromatic rings.